The molecule has 1 aliphatic heterocycles. The Bertz CT molecular complexity index is 1440. The molecule has 1 fully saturated rings. The van der Waals surface area contributed by atoms with Crippen LogP contribution < -0.4 is 11.2 Å². The molecular formula is C25H19BrCl2N2O7. The average molecular weight is 610 g/mol. The summed E-state index contributed by atoms with van der Waals surface area (Å²) in [4.78, 5) is 53.6. The molecule has 12 heteroatoms. The summed E-state index contributed by atoms with van der Waals surface area (Å²) in [6.45, 7) is -0.261. The Labute approximate surface area is 228 Å². The molecule has 9 nitrogen and oxygen atoms in total. The van der Waals surface area contributed by atoms with Gasteiger partial charge in [-0.25, -0.2) is 14.4 Å². The van der Waals surface area contributed by atoms with E-state index in [1.807, 2.05) is 0 Å². The molecule has 1 saturated heterocycles. The Morgan fingerprint density at radius 3 is 2.22 bits per heavy atom. The second kappa shape index (κ2) is 11.9. The smallest absolute Gasteiger partial charge is 0.338 e. The summed E-state index contributed by atoms with van der Waals surface area (Å²) in [5.41, 5.74) is -0.544. The first kappa shape index (κ1) is 26.9. The molecule has 192 valence electrons. The summed E-state index contributed by atoms with van der Waals surface area (Å²) in [5.74, 6) is -1.27. The molecule has 1 aliphatic rings. The summed E-state index contributed by atoms with van der Waals surface area (Å²) < 4.78 is 18.2. The number of aromatic amines is 1. The third-order valence-electron chi connectivity index (χ3n) is 5.53. The van der Waals surface area contributed by atoms with Gasteiger partial charge in [0.2, 0.25) is 0 Å². The maximum absolute atomic E-state index is 12.8. The minimum Gasteiger partial charge on any atom is -0.459 e. The standard InChI is InChI=1S/C25H19BrCl2N2O7/c26-10-9-16-12-30(25(34)29-22(16)31)21-11-19(37-24(33)15-3-7-18(28)8-4-15)20(36-21)13-35-23(32)14-1-5-17(27)6-2-14/h1-10,12,19-21H,11,13H2,(H,29,31,34)/b10-9+/t19?,20-,21-/m0/s1. The predicted octanol–water partition coefficient (Wildman–Crippen LogP) is 4.58. The summed E-state index contributed by atoms with van der Waals surface area (Å²) in [6, 6.07) is 12.3. The summed E-state index contributed by atoms with van der Waals surface area (Å²) >= 11 is 14.9. The van der Waals surface area contributed by atoms with Crippen molar-refractivity contribution in [2.75, 3.05) is 6.61 Å². The fourth-order valence-corrected chi connectivity index (χ4v) is 4.20. The van der Waals surface area contributed by atoms with Gasteiger partial charge < -0.3 is 14.2 Å². The zero-order chi connectivity index (χ0) is 26.5. The lowest BCUT2D eigenvalue weighted by Crippen LogP contribution is -2.33. The first-order valence-electron chi connectivity index (χ1n) is 10.9. The lowest BCUT2D eigenvalue weighted by molar-refractivity contribution is -0.0582. The van der Waals surface area contributed by atoms with Crippen molar-refractivity contribution in [3.63, 3.8) is 0 Å². The van der Waals surface area contributed by atoms with Crippen molar-refractivity contribution < 1.29 is 23.8 Å². The van der Waals surface area contributed by atoms with E-state index in [0.717, 1.165) is 0 Å². The first-order valence-corrected chi connectivity index (χ1v) is 12.6. The monoisotopic (exact) mass is 608 g/mol. The molecule has 0 saturated carbocycles. The molecular weight excluding hydrogens is 591 g/mol. The summed E-state index contributed by atoms with van der Waals surface area (Å²) in [5, 5.41) is 0.923. The van der Waals surface area contributed by atoms with Crippen molar-refractivity contribution in [3.05, 3.63) is 107 Å². The van der Waals surface area contributed by atoms with Crippen molar-refractivity contribution >= 4 is 57.1 Å². The van der Waals surface area contributed by atoms with Gasteiger partial charge in [-0.05, 0) is 59.6 Å². The van der Waals surface area contributed by atoms with Crippen LogP contribution in [0.25, 0.3) is 6.08 Å². The maximum Gasteiger partial charge on any atom is 0.338 e. The van der Waals surface area contributed by atoms with Crippen LogP contribution in [0, 0.1) is 0 Å². The van der Waals surface area contributed by atoms with Crippen LogP contribution in [0.15, 0.2) is 69.3 Å². The number of nitrogens with one attached hydrogen (secondary N) is 1. The molecule has 3 atom stereocenters. The van der Waals surface area contributed by atoms with Gasteiger partial charge in [-0.2, -0.15) is 0 Å². The number of aromatic nitrogens is 2. The molecule has 0 aliphatic carbocycles. The van der Waals surface area contributed by atoms with Crippen LogP contribution in [0.4, 0.5) is 0 Å². The lowest BCUT2D eigenvalue weighted by Gasteiger charge is -2.19. The molecule has 1 unspecified atom stereocenters. The maximum atomic E-state index is 12.8. The van der Waals surface area contributed by atoms with Crippen molar-refractivity contribution in [2.45, 2.75) is 24.9 Å². The topological polar surface area (TPSA) is 117 Å². The van der Waals surface area contributed by atoms with Gasteiger partial charge >= 0.3 is 17.6 Å². The summed E-state index contributed by atoms with van der Waals surface area (Å²) in [7, 11) is 0. The van der Waals surface area contributed by atoms with Gasteiger partial charge in [0.1, 0.15) is 25.0 Å². The van der Waals surface area contributed by atoms with Gasteiger partial charge in [-0.3, -0.25) is 14.3 Å². The van der Waals surface area contributed by atoms with Gasteiger partial charge in [-0.15, -0.1) is 0 Å². The van der Waals surface area contributed by atoms with E-state index in [2.05, 4.69) is 20.9 Å². The van der Waals surface area contributed by atoms with Gasteiger partial charge in [0.15, 0.2) is 0 Å². The number of H-pyrrole nitrogens is 1. The second-order valence-electron chi connectivity index (χ2n) is 7.96. The molecule has 2 aromatic carbocycles. The minimum absolute atomic E-state index is 0.0614. The molecule has 2 heterocycles. The van der Waals surface area contributed by atoms with Crippen molar-refractivity contribution in [1.29, 1.82) is 0 Å². The van der Waals surface area contributed by atoms with Gasteiger partial charge in [0.25, 0.3) is 5.56 Å². The van der Waals surface area contributed by atoms with E-state index in [1.54, 1.807) is 24.3 Å². The molecule has 0 radical (unpaired) electrons. The molecule has 3 aromatic rings. The third-order valence-corrected chi connectivity index (χ3v) is 6.29. The van der Waals surface area contributed by atoms with Gasteiger partial charge in [0.05, 0.1) is 16.7 Å². The Balaban J connectivity index is 1.56. The molecule has 0 bridgehead atoms. The fraction of sp³-hybridized carbons (Fsp3) is 0.200. The van der Waals surface area contributed by atoms with Crippen LogP contribution in [0.1, 0.15) is 38.9 Å². The van der Waals surface area contributed by atoms with Gasteiger partial charge in [-0.1, -0.05) is 39.1 Å². The zero-order valence-corrected chi connectivity index (χ0v) is 22.0. The van der Waals surface area contributed by atoms with Gasteiger partial charge in [0, 0.05) is 22.7 Å². The highest BCUT2D eigenvalue weighted by atomic mass is 79.9. The van der Waals surface area contributed by atoms with E-state index in [4.69, 9.17) is 37.4 Å². The largest absolute Gasteiger partial charge is 0.459 e. The molecule has 0 spiro atoms. The third kappa shape index (κ3) is 6.58. The van der Waals surface area contributed by atoms with E-state index in [1.165, 1.54) is 46.1 Å². The SMILES string of the molecule is O=C(OC[C@@H]1O[C@H](n2cc(/C=C/Br)c(=O)[nH]c2=O)CC1OC(=O)c1ccc(Cl)cc1)c1ccc(Cl)cc1. The van der Waals surface area contributed by atoms with Crippen LogP contribution in [0.3, 0.4) is 0 Å². The number of carbonyl (C=O) groups is 2. The van der Waals surface area contributed by atoms with Crippen LogP contribution in [0.5, 0.6) is 0 Å². The number of esters is 2. The number of rotatable bonds is 7. The highest BCUT2D eigenvalue weighted by molar-refractivity contribution is 9.11. The van der Waals surface area contributed by atoms with E-state index in [9.17, 15) is 19.2 Å². The highest BCUT2D eigenvalue weighted by Crippen LogP contribution is 2.31. The number of halogens is 3. The van der Waals surface area contributed by atoms with E-state index in [-0.39, 0.29) is 29.7 Å². The number of hydrogen-bond donors (Lipinski definition) is 1. The van der Waals surface area contributed by atoms with Crippen LogP contribution >= 0.6 is 39.1 Å². The normalized spacial score (nSPS) is 19.2. The predicted molar refractivity (Wildman–Crippen MR) is 140 cm³/mol. The second-order valence-corrected chi connectivity index (χ2v) is 9.37. The molecule has 1 aromatic heterocycles. The van der Waals surface area contributed by atoms with E-state index in [0.29, 0.717) is 10.0 Å². The summed E-state index contributed by atoms with van der Waals surface area (Å²) in [6.07, 6.45) is 0.184. The number of ether oxygens (including phenoxy) is 3. The molecule has 37 heavy (non-hydrogen) atoms. The van der Waals surface area contributed by atoms with Crippen LogP contribution in [0.2, 0.25) is 10.0 Å². The fourth-order valence-electron chi connectivity index (χ4n) is 3.67. The van der Waals surface area contributed by atoms with Crippen molar-refractivity contribution in [2.24, 2.45) is 0 Å². The molecule has 4 rings (SSSR count). The quantitative estimate of drug-likeness (QED) is 0.390. The average Bonchev–Trinajstić information content (AvgIpc) is 3.27. The van der Waals surface area contributed by atoms with Crippen LogP contribution in [-0.2, 0) is 14.2 Å². The number of nitrogens with zero attached hydrogens (tertiary/aromatic N) is 1. The molecule has 0 amide bonds. The number of carbonyl (C=O) groups excluding carboxylic acids is 2. The molecule has 1 N–H and O–H groups in total. The number of benzene rings is 2. The van der Waals surface area contributed by atoms with E-state index >= 15 is 0 Å². The Hall–Kier alpha value is -3.18. The first-order chi connectivity index (χ1) is 17.7. The Kier molecular flexibility index (Phi) is 8.65. The Morgan fingerprint density at radius 1 is 1.03 bits per heavy atom. The Morgan fingerprint density at radius 2 is 1.62 bits per heavy atom. The van der Waals surface area contributed by atoms with Crippen molar-refractivity contribution in [3.8, 4) is 0 Å². The van der Waals surface area contributed by atoms with E-state index < -0.39 is 41.6 Å². The van der Waals surface area contributed by atoms with Crippen molar-refractivity contribution in [1.82, 2.24) is 9.55 Å². The number of hydrogen-bond acceptors (Lipinski definition) is 7. The lowest BCUT2D eigenvalue weighted by atomic mass is 10.1. The zero-order valence-electron chi connectivity index (χ0n) is 18.9. The minimum atomic E-state index is -0.908. The van der Waals surface area contributed by atoms with Crippen LogP contribution in [-0.4, -0.2) is 40.3 Å². The highest BCUT2D eigenvalue weighted by Gasteiger charge is 2.40.